The van der Waals surface area contributed by atoms with Crippen LogP contribution in [0.1, 0.15) is 43.4 Å². The normalized spacial score (nSPS) is 17.5. The molecule has 4 rings (SSSR count). The van der Waals surface area contributed by atoms with Crippen LogP contribution in [0.25, 0.3) is 0 Å². The van der Waals surface area contributed by atoms with E-state index in [9.17, 15) is 9.59 Å². The molecule has 182 valence electrons. The van der Waals surface area contributed by atoms with Crippen LogP contribution >= 0.6 is 0 Å². The molecule has 0 N–H and O–H groups in total. The molecule has 6 heteroatoms. The van der Waals surface area contributed by atoms with E-state index in [1.165, 1.54) is 5.56 Å². The number of hydrogen-bond donors (Lipinski definition) is 0. The minimum Gasteiger partial charge on any atom is -0.497 e. The van der Waals surface area contributed by atoms with E-state index in [0.29, 0.717) is 11.7 Å². The van der Waals surface area contributed by atoms with Crippen LogP contribution in [-0.4, -0.2) is 33.1 Å². The van der Waals surface area contributed by atoms with Crippen molar-refractivity contribution in [1.29, 1.82) is 0 Å². The molecular weight excluding hydrogens is 440 g/mol. The second kappa shape index (κ2) is 10.2. The summed E-state index contributed by atoms with van der Waals surface area (Å²) in [5.41, 5.74) is 3.64. The Balaban J connectivity index is 1.70. The summed E-state index contributed by atoms with van der Waals surface area (Å²) in [5, 5.41) is 0. The van der Waals surface area contributed by atoms with Crippen LogP contribution in [0.15, 0.2) is 72.8 Å². The monoisotopic (exact) mass is 472 g/mol. The van der Waals surface area contributed by atoms with Gasteiger partial charge in [-0.1, -0.05) is 38.1 Å². The van der Waals surface area contributed by atoms with Gasteiger partial charge in [-0.25, -0.2) is 0 Å². The van der Waals surface area contributed by atoms with Crippen molar-refractivity contribution in [3.05, 3.63) is 83.9 Å². The molecule has 2 atom stereocenters. The fourth-order valence-electron chi connectivity index (χ4n) is 4.64. The maximum absolute atomic E-state index is 13.8. The van der Waals surface area contributed by atoms with Crippen molar-refractivity contribution in [2.45, 2.75) is 32.2 Å². The topological polar surface area (TPSA) is 59.1 Å². The zero-order valence-electron chi connectivity index (χ0n) is 20.9. The number of hydrogen-bond acceptors (Lipinski definition) is 4. The number of benzene rings is 3. The molecule has 1 saturated heterocycles. The highest BCUT2D eigenvalue weighted by atomic mass is 16.5. The molecule has 0 unspecified atom stereocenters. The van der Waals surface area contributed by atoms with Crippen LogP contribution in [0.3, 0.4) is 0 Å². The molecule has 35 heavy (non-hydrogen) atoms. The summed E-state index contributed by atoms with van der Waals surface area (Å²) in [6, 6.07) is 22.5. The van der Waals surface area contributed by atoms with E-state index >= 15 is 0 Å². The number of carbonyl (C=O) groups is 2. The molecule has 3 aromatic carbocycles. The van der Waals surface area contributed by atoms with Crippen molar-refractivity contribution in [2.75, 3.05) is 31.1 Å². The fraction of sp³-hybridized carbons (Fsp3) is 0.310. The van der Waals surface area contributed by atoms with Gasteiger partial charge < -0.3 is 19.3 Å². The Hall–Kier alpha value is -3.80. The highest BCUT2D eigenvalue weighted by Gasteiger charge is 2.46. The number of anilines is 2. The van der Waals surface area contributed by atoms with Crippen molar-refractivity contribution < 1.29 is 19.1 Å². The van der Waals surface area contributed by atoms with Crippen molar-refractivity contribution >= 4 is 23.2 Å². The molecule has 3 aromatic rings. The van der Waals surface area contributed by atoms with Gasteiger partial charge in [0.05, 0.1) is 26.2 Å². The lowest BCUT2D eigenvalue weighted by molar-refractivity contribution is -0.124. The predicted octanol–water partition coefficient (Wildman–Crippen LogP) is 5.58. The molecule has 0 aromatic heterocycles. The molecule has 1 aliphatic rings. The lowest BCUT2D eigenvalue weighted by Gasteiger charge is -2.30. The summed E-state index contributed by atoms with van der Waals surface area (Å²) >= 11 is 0. The first-order chi connectivity index (χ1) is 16.8. The Morgan fingerprint density at radius 1 is 0.886 bits per heavy atom. The third kappa shape index (κ3) is 4.87. The maximum atomic E-state index is 13.8. The summed E-state index contributed by atoms with van der Waals surface area (Å²) in [7, 11) is 5.00. The number of amides is 2. The number of carbonyl (C=O) groups excluding carboxylic acids is 2. The van der Waals surface area contributed by atoms with Crippen molar-refractivity contribution in [2.24, 2.45) is 5.92 Å². The average molecular weight is 473 g/mol. The number of nitrogens with zero attached hydrogens (tertiary/aromatic N) is 2. The molecule has 0 saturated carbocycles. The first kappa shape index (κ1) is 24.3. The van der Waals surface area contributed by atoms with E-state index in [0.717, 1.165) is 22.7 Å². The Bertz CT molecular complexity index is 1170. The number of ether oxygens (including phenoxy) is 2. The van der Waals surface area contributed by atoms with Crippen molar-refractivity contribution in [3.8, 4) is 11.5 Å². The van der Waals surface area contributed by atoms with Gasteiger partial charge in [0, 0.05) is 24.8 Å². The molecule has 0 aliphatic carbocycles. The predicted molar refractivity (Wildman–Crippen MR) is 138 cm³/mol. The number of rotatable bonds is 7. The van der Waals surface area contributed by atoms with E-state index in [1.807, 2.05) is 72.8 Å². The van der Waals surface area contributed by atoms with Gasteiger partial charge in [0.1, 0.15) is 11.5 Å². The average Bonchev–Trinajstić information content (AvgIpc) is 3.24. The van der Waals surface area contributed by atoms with E-state index in [2.05, 4.69) is 13.8 Å². The smallest absolute Gasteiger partial charge is 0.232 e. The van der Waals surface area contributed by atoms with Gasteiger partial charge in [0.15, 0.2) is 0 Å². The third-order valence-electron chi connectivity index (χ3n) is 6.73. The quantitative estimate of drug-likeness (QED) is 0.450. The van der Waals surface area contributed by atoms with Crippen molar-refractivity contribution in [3.63, 3.8) is 0 Å². The summed E-state index contributed by atoms with van der Waals surface area (Å²) in [5.74, 6) is 1.13. The first-order valence-corrected chi connectivity index (χ1v) is 11.8. The zero-order chi connectivity index (χ0) is 25.1. The summed E-state index contributed by atoms with van der Waals surface area (Å²) < 4.78 is 10.6. The zero-order valence-corrected chi connectivity index (χ0v) is 20.9. The Labute approximate surface area is 207 Å². The lowest BCUT2D eigenvalue weighted by atomic mass is 9.91. The largest absolute Gasteiger partial charge is 0.497 e. The summed E-state index contributed by atoms with van der Waals surface area (Å²) in [6.07, 6.45) is 0.135. The molecule has 2 amide bonds. The van der Waals surface area contributed by atoms with Gasteiger partial charge in [-0.05, 0) is 65.6 Å². The Morgan fingerprint density at radius 3 is 1.94 bits per heavy atom. The Kier molecular flexibility index (Phi) is 7.10. The molecule has 0 bridgehead atoms. The SMILES string of the molecule is COc1ccc([C@H]2[C@@H](C(=O)N(C)c3ccc(C(C)C)cc3)CC(=O)N2c2ccc(OC)cc2)cc1. The van der Waals surface area contributed by atoms with Gasteiger partial charge in [-0.3, -0.25) is 9.59 Å². The summed E-state index contributed by atoms with van der Waals surface area (Å²) in [4.78, 5) is 30.5. The number of methoxy groups -OCH3 is 2. The van der Waals surface area contributed by atoms with Crippen LogP contribution in [0.4, 0.5) is 11.4 Å². The minimum atomic E-state index is -0.534. The molecule has 6 nitrogen and oxygen atoms in total. The highest BCUT2D eigenvalue weighted by Crippen LogP contribution is 2.43. The molecule has 1 aliphatic heterocycles. The van der Waals surface area contributed by atoms with Gasteiger partial charge in [-0.2, -0.15) is 0 Å². The van der Waals surface area contributed by atoms with Crippen LogP contribution in [0.2, 0.25) is 0 Å². The van der Waals surface area contributed by atoms with Crippen molar-refractivity contribution in [1.82, 2.24) is 0 Å². The van der Waals surface area contributed by atoms with E-state index < -0.39 is 12.0 Å². The molecule has 0 radical (unpaired) electrons. The van der Waals surface area contributed by atoms with Crippen LogP contribution in [0, 0.1) is 5.92 Å². The van der Waals surface area contributed by atoms with E-state index in [-0.39, 0.29) is 18.2 Å². The van der Waals surface area contributed by atoms with E-state index in [1.54, 1.807) is 31.1 Å². The van der Waals surface area contributed by atoms with Gasteiger partial charge in [0.2, 0.25) is 11.8 Å². The standard InChI is InChI=1S/C29H32N2O4/c1-19(2)20-6-10-22(11-7-20)30(3)29(33)26-18-27(32)31(23-12-16-25(35-5)17-13-23)28(26)21-8-14-24(34-4)15-9-21/h6-17,19,26,28H,18H2,1-5H3/t26-,28-/m0/s1. The van der Waals surface area contributed by atoms with Crippen LogP contribution < -0.4 is 19.3 Å². The summed E-state index contributed by atoms with van der Waals surface area (Å²) in [6.45, 7) is 4.28. The van der Waals surface area contributed by atoms with Gasteiger partial charge >= 0.3 is 0 Å². The second-order valence-corrected chi connectivity index (χ2v) is 9.13. The molecule has 1 heterocycles. The van der Waals surface area contributed by atoms with Crippen LogP contribution in [0.5, 0.6) is 11.5 Å². The minimum absolute atomic E-state index is 0.0853. The van der Waals surface area contributed by atoms with E-state index in [4.69, 9.17) is 9.47 Å². The van der Waals surface area contributed by atoms with Gasteiger partial charge in [0.25, 0.3) is 0 Å². The fourth-order valence-corrected chi connectivity index (χ4v) is 4.64. The Morgan fingerprint density at radius 2 is 1.43 bits per heavy atom. The highest BCUT2D eigenvalue weighted by molar-refractivity contribution is 6.05. The van der Waals surface area contributed by atoms with Gasteiger partial charge in [-0.15, -0.1) is 0 Å². The first-order valence-electron chi connectivity index (χ1n) is 11.8. The molecular formula is C29H32N2O4. The lowest BCUT2D eigenvalue weighted by Crippen LogP contribution is -2.37. The van der Waals surface area contributed by atoms with Crippen LogP contribution in [-0.2, 0) is 9.59 Å². The molecule has 0 spiro atoms. The second-order valence-electron chi connectivity index (χ2n) is 9.13. The molecule has 1 fully saturated rings. The third-order valence-corrected chi connectivity index (χ3v) is 6.73. The maximum Gasteiger partial charge on any atom is 0.232 e.